The first-order valence-electron chi connectivity index (χ1n) is 10.0. The van der Waals surface area contributed by atoms with Gasteiger partial charge >= 0.3 is 0 Å². The number of hydrogen-bond acceptors (Lipinski definition) is 3. The Hall–Kier alpha value is -1.68. The Morgan fingerprint density at radius 3 is 1.96 bits per heavy atom. The average molecular weight is 353 g/mol. The lowest BCUT2D eigenvalue weighted by Gasteiger charge is -2.34. The van der Waals surface area contributed by atoms with Crippen molar-refractivity contribution in [2.45, 2.75) is 44.3 Å². The molecule has 0 bridgehead atoms. The summed E-state index contributed by atoms with van der Waals surface area (Å²) in [5, 5.41) is 0. The Bertz CT molecular complexity index is 569. The number of unbranched alkanes of at least 4 members (excludes halogenated alkanes) is 2. The topological polar surface area (TPSA) is 38.5 Å². The van der Waals surface area contributed by atoms with E-state index < -0.39 is 0 Å². The molecule has 2 N–H and O–H groups in total. The van der Waals surface area contributed by atoms with E-state index >= 15 is 0 Å². The molecular weight excluding hydrogens is 320 g/mol. The lowest BCUT2D eigenvalue weighted by Crippen LogP contribution is -2.38. The number of likely N-dealkylation sites (tertiary alicyclic amines) is 1. The molecule has 2 aromatic carbocycles. The van der Waals surface area contributed by atoms with Crippen molar-refractivity contribution in [3.63, 3.8) is 0 Å². The van der Waals surface area contributed by atoms with Gasteiger partial charge in [-0.3, -0.25) is 0 Å². The van der Waals surface area contributed by atoms with E-state index in [-0.39, 0.29) is 6.10 Å². The van der Waals surface area contributed by atoms with Crippen molar-refractivity contribution < 1.29 is 4.74 Å². The molecule has 3 heteroatoms. The van der Waals surface area contributed by atoms with Crippen LogP contribution in [0.5, 0.6) is 0 Å². The van der Waals surface area contributed by atoms with Crippen molar-refractivity contribution in [3.8, 4) is 0 Å². The van der Waals surface area contributed by atoms with E-state index in [0.717, 1.165) is 38.9 Å². The van der Waals surface area contributed by atoms with Crippen molar-refractivity contribution in [1.82, 2.24) is 4.90 Å². The smallest absolute Gasteiger partial charge is 0.108 e. The van der Waals surface area contributed by atoms with Gasteiger partial charge in [-0.25, -0.2) is 0 Å². The molecule has 0 amide bonds. The zero-order chi connectivity index (χ0) is 18.0. The molecule has 0 unspecified atom stereocenters. The Kier molecular flexibility index (Phi) is 7.68. The van der Waals surface area contributed by atoms with Crippen molar-refractivity contribution in [2.75, 3.05) is 26.2 Å². The second-order valence-corrected chi connectivity index (χ2v) is 7.23. The SMILES string of the molecule is NCCCCCN1CCC(OC(c2ccccc2)c2ccccc2)CC1. The second kappa shape index (κ2) is 10.5. The molecule has 0 aromatic heterocycles. The number of benzene rings is 2. The van der Waals surface area contributed by atoms with Gasteiger partial charge in [-0.1, -0.05) is 67.1 Å². The molecule has 140 valence electrons. The Morgan fingerprint density at radius 2 is 1.42 bits per heavy atom. The van der Waals surface area contributed by atoms with Gasteiger partial charge in [0.05, 0.1) is 6.10 Å². The summed E-state index contributed by atoms with van der Waals surface area (Å²) >= 11 is 0. The predicted molar refractivity (Wildman–Crippen MR) is 108 cm³/mol. The van der Waals surface area contributed by atoms with Crippen molar-refractivity contribution >= 4 is 0 Å². The van der Waals surface area contributed by atoms with Gasteiger partial charge in [0.15, 0.2) is 0 Å². The Labute approximate surface area is 158 Å². The Balaban J connectivity index is 1.56. The Morgan fingerprint density at radius 1 is 0.846 bits per heavy atom. The number of nitrogens with two attached hydrogens (primary N) is 1. The van der Waals surface area contributed by atoms with E-state index in [1.165, 1.54) is 30.5 Å². The maximum absolute atomic E-state index is 6.61. The number of rotatable bonds is 9. The molecule has 2 aromatic rings. The third kappa shape index (κ3) is 5.66. The van der Waals surface area contributed by atoms with Crippen LogP contribution in [0, 0.1) is 0 Å². The fraction of sp³-hybridized carbons (Fsp3) is 0.478. The van der Waals surface area contributed by atoms with Crippen LogP contribution in [0.4, 0.5) is 0 Å². The molecule has 26 heavy (non-hydrogen) atoms. The van der Waals surface area contributed by atoms with Crippen molar-refractivity contribution in [2.24, 2.45) is 5.73 Å². The summed E-state index contributed by atoms with van der Waals surface area (Å²) in [4.78, 5) is 2.58. The highest BCUT2D eigenvalue weighted by Gasteiger charge is 2.24. The molecule has 1 saturated heterocycles. The molecule has 0 aliphatic carbocycles. The van der Waals surface area contributed by atoms with Crippen LogP contribution in [0.2, 0.25) is 0 Å². The van der Waals surface area contributed by atoms with Crippen LogP contribution in [0.25, 0.3) is 0 Å². The maximum atomic E-state index is 6.61. The molecule has 0 spiro atoms. The van der Waals surface area contributed by atoms with Gasteiger partial charge in [0.2, 0.25) is 0 Å². The van der Waals surface area contributed by atoms with Gasteiger partial charge in [0.1, 0.15) is 6.10 Å². The summed E-state index contributed by atoms with van der Waals surface area (Å²) < 4.78 is 6.61. The monoisotopic (exact) mass is 352 g/mol. The number of piperidine rings is 1. The van der Waals surface area contributed by atoms with Crippen LogP contribution < -0.4 is 5.73 Å². The van der Waals surface area contributed by atoms with Gasteiger partial charge in [0, 0.05) is 13.1 Å². The first-order chi connectivity index (χ1) is 12.9. The van der Waals surface area contributed by atoms with Crippen LogP contribution in [-0.2, 0) is 4.74 Å². The molecule has 1 aliphatic heterocycles. The normalized spacial score (nSPS) is 16.2. The highest BCUT2D eigenvalue weighted by atomic mass is 16.5. The molecule has 3 rings (SSSR count). The quantitative estimate of drug-likeness (QED) is 0.680. The molecule has 1 heterocycles. The summed E-state index contributed by atoms with van der Waals surface area (Å²) in [5.74, 6) is 0. The minimum absolute atomic E-state index is 0.0264. The summed E-state index contributed by atoms with van der Waals surface area (Å²) in [5.41, 5.74) is 8.06. The first-order valence-corrected chi connectivity index (χ1v) is 10.0. The van der Waals surface area contributed by atoms with Crippen LogP contribution in [0.3, 0.4) is 0 Å². The van der Waals surface area contributed by atoms with E-state index in [0.29, 0.717) is 6.10 Å². The van der Waals surface area contributed by atoms with E-state index in [1.54, 1.807) is 0 Å². The number of hydrogen-bond donors (Lipinski definition) is 1. The second-order valence-electron chi connectivity index (χ2n) is 7.23. The molecule has 0 atom stereocenters. The average Bonchev–Trinajstić information content (AvgIpc) is 2.72. The van der Waals surface area contributed by atoms with Crippen LogP contribution in [0.1, 0.15) is 49.3 Å². The molecule has 1 fully saturated rings. The predicted octanol–water partition coefficient (Wildman–Crippen LogP) is 4.39. The van der Waals surface area contributed by atoms with Crippen LogP contribution in [-0.4, -0.2) is 37.2 Å². The van der Waals surface area contributed by atoms with Crippen LogP contribution >= 0.6 is 0 Å². The van der Waals surface area contributed by atoms with Gasteiger partial charge in [0.25, 0.3) is 0 Å². The summed E-state index contributed by atoms with van der Waals surface area (Å²) in [7, 11) is 0. The highest BCUT2D eigenvalue weighted by molar-refractivity contribution is 5.30. The van der Waals surface area contributed by atoms with E-state index in [4.69, 9.17) is 10.5 Å². The van der Waals surface area contributed by atoms with Gasteiger partial charge in [-0.15, -0.1) is 0 Å². The minimum atomic E-state index is 0.0264. The standard InChI is InChI=1S/C23H32N2O/c24-16-8-3-9-17-25-18-14-22(15-19-25)26-23(20-10-4-1-5-11-20)21-12-6-2-7-13-21/h1-2,4-7,10-13,22-23H,3,8-9,14-19,24H2. The molecular formula is C23H32N2O. The van der Waals surface area contributed by atoms with E-state index in [1.807, 2.05) is 0 Å². The maximum Gasteiger partial charge on any atom is 0.108 e. The summed E-state index contributed by atoms with van der Waals surface area (Å²) in [6, 6.07) is 21.2. The van der Waals surface area contributed by atoms with Gasteiger partial charge < -0.3 is 15.4 Å². The van der Waals surface area contributed by atoms with Crippen LogP contribution in [0.15, 0.2) is 60.7 Å². The largest absolute Gasteiger partial charge is 0.365 e. The van der Waals surface area contributed by atoms with Gasteiger partial charge in [-0.05, 0) is 49.9 Å². The molecule has 0 radical (unpaired) electrons. The van der Waals surface area contributed by atoms with E-state index in [2.05, 4.69) is 65.6 Å². The fourth-order valence-electron chi connectivity index (χ4n) is 3.72. The van der Waals surface area contributed by atoms with E-state index in [9.17, 15) is 0 Å². The zero-order valence-corrected chi connectivity index (χ0v) is 15.7. The summed E-state index contributed by atoms with van der Waals surface area (Å²) in [6.45, 7) is 4.30. The highest BCUT2D eigenvalue weighted by Crippen LogP contribution is 2.29. The third-order valence-corrected chi connectivity index (χ3v) is 5.25. The first kappa shape index (κ1) is 19.1. The van der Waals surface area contributed by atoms with Crippen molar-refractivity contribution in [1.29, 1.82) is 0 Å². The molecule has 1 aliphatic rings. The summed E-state index contributed by atoms with van der Waals surface area (Å²) in [6.07, 6.45) is 6.26. The number of nitrogens with zero attached hydrogens (tertiary/aromatic N) is 1. The van der Waals surface area contributed by atoms with Gasteiger partial charge in [-0.2, -0.15) is 0 Å². The lowest BCUT2D eigenvalue weighted by atomic mass is 10.00. The molecule has 3 nitrogen and oxygen atoms in total. The van der Waals surface area contributed by atoms with Crippen molar-refractivity contribution in [3.05, 3.63) is 71.8 Å². The minimum Gasteiger partial charge on any atom is -0.365 e. The number of ether oxygens (including phenoxy) is 1. The zero-order valence-electron chi connectivity index (χ0n) is 15.7. The molecule has 0 saturated carbocycles. The third-order valence-electron chi connectivity index (χ3n) is 5.25. The fourth-order valence-corrected chi connectivity index (χ4v) is 3.72. The lowest BCUT2D eigenvalue weighted by molar-refractivity contribution is -0.0270.